The first-order valence-corrected chi connectivity index (χ1v) is 6.76. The van der Waals surface area contributed by atoms with Crippen molar-refractivity contribution >= 4 is 0 Å². The highest BCUT2D eigenvalue weighted by molar-refractivity contribution is 5.40. The molecule has 4 atom stereocenters. The standard InChI is InChI=1S/C16H22O/c1-16(2,3)15(17)14-12-9-8-10-6-4-5-7-11(10)13(12)14/h4-7,12-15,17H,8-9H2,1-3H3. The lowest BCUT2D eigenvalue weighted by molar-refractivity contribution is 0.0380. The highest BCUT2D eigenvalue weighted by Gasteiger charge is 2.57. The van der Waals surface area contributed by atoms with Crippen LogP contribution in [0.25, 0.3) is 0 Å². The Morgan fingerprint density at radius 1 is 1.24 bits per heavy atom. The number of hydrogen-bond acceptors (Lipinski definition) is 1. The predicted octanol–water partition coefficient (Wildman–Crippen LogP) is 3.37. The zero-order valence-corrected chi connectivity index (χ0v) is 11.0. The molecule has 0 saturated heterocycles. The van der Waals surface area contributed by atoms with Gasteiger partial charge in [-0.2, -0.15) is 0 Å². The van der Waals surface area contributed by atoms with Crippen LogP contribution < -0.4 is 0 Å². The van der Waals surface area contributed by atoms with Gasteiger partial charge in [-0.1, -0.05) is 45.0 Å². The molecule has 2 aliphatic carbocycles. The van der Waals surface area contributed by atoms with Gasteiger partial charge in [0.1, 0.15) is 0 Å². The molecule has 2 aliphatic rings. The van der Waals surface area contributed by atoms with E-state index in [1.54, 1.807) is 0 Å². The van der Waals surface area contributed by atoms with E-state index in [0.717, 1.165) is 5.92 Å². The molecule has 4 unspecified atom stereocenters. The Labute approximate surface area is 104 Å². The van der Waals surface area contributed by atoms with Crippen LogP contribution in [0.15, 0.2) is 24.3 Å². The van der Waals surface area contributed by atoms with Crippen LogP contribution in [-0.2, 0) is 6.42 Å². The minimum atomic E-state index is -0.163. The molecule has 1 nitrogen and oxygen atoms in total. The van der Waals surface area contributed by atoms with Crippen LogP contribution >= 0.6 is 0 Å². The van der Waals surface area contributed by atoms with Crippen molar-refractivity contribution in [2.75, 3.05) is 0 Å². The molecule has 1 N–H and O–H groups in total. The molecule has 0 amide bonds. The smallest absolute Gasteiger partial charge is 0.0625 e. The zero-order valence-electron chi connectivity index (χ0n) is 11.0. The van der Waals surface area contributed by atoms with Gasteiger partial charge >= 0.3 is 0 Å². The average Bonchev–Trinajstić information content (AvgIpc) is 3.01. The number of benzene rings is 1. The summed E-state index contributed by atoms with van der Waals surface area (Å²) in [7, 11) is 0. The molecular weight excluding hydrogens is 208 g/mol. The number of rotatable bonds is 1. The van der Waals surface area contributed by atoms with Crippen LogP contribution in [0, 0.1) is 17.3 Å². The molecule has 0 aromatic heterocycles. The lowest BCUT2D eigenvalue weighted by Crippen LogP contribution is -2.29. The first kappa shape index (κ1) is 11.3. The van der Waals surface area contributed by atoms with Gasteiger partial charge in [-0.3, -0.25) is 0 Å². The van der Waals surface area contributed by atoms with Crippen molar-refractivity contribution in [1.82, 2.24) is 0 Å². The summed E-state index contributed by atoms with van der Waals surface area (Å²) in [5.41, 5.74) is 3.03. The van der Waals surface area contributed by atoms with E-state index in [9.17, 15) is 5.11 Å². The second-order valence-corrected chi connectivity index (χ2v) is 6.82. The van der Waals surface area contributed by atoms with Crippen LogP contribution in [-0.4, -0.2) is 11.2 Å². The summed E-state index contributed by atoms with van der Waals surface area (Å²) >= 11 is 0. The largest absolute Gasteiger partial charge is 0.392 e. The molecule has 1 heteroatoms. The van der Waals surface area contributed by atoms with Crippen LogP contribution in [0.4, 0.5) is 0 Å². The maximum atomic E-state index is 10.5. The minimum absolute atomic E-state index is 0.0109. The molecule has 0 radical (unpaired) electrons. The molecule has 0 bridgehead atoms. The fraction of sp³-hybridized carbons (Fsp3) is 0.625. The van der Waals surface area contributed by atoms with Crippen molar-refractivity contribution < 1.29 is 5.11 Å². The maximum absolute atomic E-state index is 10.5. The van der Waals surface area contributed by atoms with Crippen LogP contribution in [0.2, 0.25) is 0 Å². The third-order valence-corrected chi connectivity index (χ3v) is 4.64. The van der Waals surface area contributed by atoms with Crippen molar-refractivity contribution in [2.45, 2.75) is 45.6 Å². The molecule has 0 heterocycles. The Kier molecular flexibility index (Phi) is 2.38. The number of fused-ring (bicyclic) bond motifs is 3. The molecular formula is C16H22O. The molecule has 92 valence electrons. The fourth-order valence-corrected chi connectivity index (χ4v) is 3.63. The summed E-state index contributed by atoms with van der Waals surface area (Å²) in [5, 5.41) is 10.5. The quantitative estimate of drug-likeness (QED) is 0.784. The van der Waals surface area contributed by atoms with E-state index in [-0.39, 0.29) is 11.5 Å². The van der Waals surface area contributed by atoms with Gasteiger partial charge in [0, 0.05) is 0 Å². The first-order valence-electron chi connectivity index (χ1n) is 6.76. The Balaban J connectivity index is 1.88. The van der Waals surface area contributed by atoms with Crippen LogP contribution in [0.1, 0.15) is 44.2 Å². The summed E-state index contributed by atoms with van der Waals surface area (Å²) in [6.07, 6.45) is 2.30. The second-order valence-electron chi connectivity index (χ2n) is 6.82. The van der Waals surface area contributed by atoms with E-state index in [2.05, 4.69) is 45.0 Å². The minimum Gasteiger partial charge on any atom is -0.392 e. The monoisotopic (exact) mass is 230 g/mol. The summed E-state index contributed by atoms with van der Waals surface area (Å²) in [5.74, 6) is 1.87. The van der Waals surface area contributed by atoms with Gasteiger partial charge in [-0.25, -0.2) is 0 Å². The van der Waals surface area contributed by atoms with Crippen molar-refractivity contribution in [2.24, 2.45) is 17.3 Å². The SMILES string of the molecule is CC(C)(C)C(O)C1C2CCc3ccccc3C21. The van der Waals surface area contributed by atoms with Gasteiger partial charge in [0.05, 0.1) is 6.10 Å². The number of aliphatic hydroxyl groups is 1. The van der Waals surface area contributed by atoms with Gasteiger partial charge in [0.15, 0.2) is 0 Å². The van der Waals surface area contributed by atoms with Crippen molar-refractivity contribution in [1.29, 1.82) is 0 Å². The highest BCUT2D eigenvalue weighted by Crippen LogP contribution is 2.62. The third kappa shape index (κ3) is 1.72. The van der Waals surface area contributed by atoms with E-state index in [4.69, 9.17) is 0 Å². The average molecular weight is 230 g/mol. The van der Waals surface area contributed by atoms with Crippen LogP contribution in [0.5, 0.6) is 0 Å². The summed E-state index contributed by atoms with van der Waals surface area (Å²) in [4.78, 5) is 0. The van der Waals surface area contributed by atoms with Gasteiger partial charge in [-0.15, -0.1) is 0 Å². The topological polar surface area (TPSA) is 20.2 Å². The van der Waals surface area contributed by atoms with Gasteiger partial charge in [0.25, 0.3) is 0 Å². The summed E-state index contributed by atoms with van der Waals surface area (Å²) in [6, 6.07) is 8.79. The molecule has 1 aromatic rings. The molecule has 3 rings (SSSR count). The third-order valence-electron chi connectivity index (χ3n) is 4.64. The fourth-order valence-electron chi connectivity index (χ4n) is 3.63. The van der Waals surface area contributed by atoms with Gasteiger partial charge < -0.3 is 5.11 Å². The zero-order chi connectivity index (χ0) is 12.2. The van der Waals surface area contributed by atoms with E-state index >= 15 is 0 Å². The molecule has 0 aliphatic heterocycles. The molecule has 1 saturated carbocycles. The molecule has 1 aromatic carbocycles. The number of hydrogen-bond donors (Lipinski definition) is 1. The van der Waals surface area contributed by atoms with Crippen molar-refractivity contribution in [3.05, 3.63) is 35.4 Å². The Morgan fingerprint density at radius 2 is 1.94 bits per heavy atom. The highest BCUT2D eigenvalue weighted by atomic mass is 16.3. The van der Waals surface area contributed by atoms with Crippen molar-refractivity contribution in [3.8, 4) is 0 Å². The normalized spacial score (nSPS) is 32.6. The van der Waals surface area contributed by atoms with E-state index in [1.165, 1.54) is 24.0 Å². The van der Waals surface area contributed by atoms with Gasteiger partial charge in [-0.05, 0) is 47.1 Å². The Morgan fingerprint density at radius 3 is 2.65 bits per heavy atom. The van der Waals surface area contributed by atoms with Gasteiger partial charge in [0.2, 0.25) is 0 Å². The first-order chi connectivity index (χ1) is 8.00. The van der Waals surface area contributed by atoms with Crippen LogP contribution in [0.3, 0.4) is 0 Å². The lowest BCUT2D eigenvalue weighted by Gasteiger charge is -2.26. The Bertz CT molecular complexity index is 429. The van der Waals surface area contributed by atoms with Crippen molar-refractivity contribution in [3.63, 3.8) is 0 Å². The number of aryl methyl sites for hydroxylation is 1. The van der Waals surface area contributed by atoms with E-state index < -0.39 is 0 Å². The second kappa shape index (κ2) is 3.58. The molecule has 1 fully saturated rings. The Hall–Kier alpha value is -0.820. The number of aliphatic hydroxyl groups excluding tert-OH is 1. The maximum Gasteiger partial charge on any atom is 0.0625 e. The predicted molar refractivity (Wildman–Crippen MR) is 69.9 cm³/mol. The van der Waals surface area contributed by atoms with E-state index in [1.807, 2.05) is 0 Å². The molecule has 0 spiro atoms. The lowest BCUT2D eigenvalue weighted by atomic mass is 9.85. The molecule has 17 heavy (non-hydrogen) atoms. The summed E-state index contributed by atoms with van der Waals surface area (Å²) < 4.78 is 0. The van der Waals surface area contributed by atoms with E-state index in [0.29, 0.717) is 11.8 Å². The summed E-state index contributed by atoms with van der Waals surface area (Å²) in [6.45, 7) is 6.44.